The molecule has 1 atom stereocenters. The average molecular weight is 380 g/mol. The quantitative estimate of drug-likeness (QED) is 0.834. The van der Waals surface area contributed by atoms with Crippen LogP contribution >= 0.6 is 11.3 Å². The molecule has 0 spiro atoms. The molecule has 1 aromatic heterocycles. The van der Waals surface area contributed by atoms with Gasteiger partial charge in [0.25, 0.3) is 0 Å². The highest BCUT2D eigenvalue weighted by Gasteiger charge is 2.27. The standard InChI is InChI=1S/C17H20N2O4S2/c20-25(21,17-4-3-9-24-17)18-11-14(19-7-1-2-8-19)13-5-6-15-16(10-13)23-12-22-15/h3-6,9-10,14,18H,1-2,7-8,11-12H2. The normalized spacial score (nSPS) is 18.6. The first-order valence-corrected chi connectivity index (χ1v) is 10.7. The molecule has 3 heterocycles. The molecule has 0 bridgehead atoms. The van der Waals surface area contributed by atoms with Crippen molar-refractivity contribution in [1.29, 1.82) is 0 Å². The number of nitrogens with zero attached hydrogens (tertiary/aromatic N) is 1. The van der Waals surface area contributed by atoms with Crippen LogP contribution in [0.2, 0.25) is 0 Å². The molecule has 0 radical (unpaired) electrons. The van der Waals surface area contributed by atoms with Crippen molar-refractivity contribution in [2.24, 2.45) is 0 Å². The molecule has 2 aliphatic heterocycles. The second-order valence-corrected chi connectivity index (χ2v) is 9.10. The number of rotatable bonds is 6. The van der Waals surface area contributed by atoms with Gasteiger partial charge in [-0.05, 0) is 55.1 Å². The Kier molecular flexibility index (Phi) is 4.68. The van der Waals surface area contributed by atoms with Gasteiger partial charge in [0.15, 0.2) is 11.5 Å². The minimum Gasteiger partial charge on any atom is -0.454 e. The number of nitrogens with one attached hydrogen (secondary N) is 1. The predicted molar refractivity (Wildman–Crippen MR) is 95.6 cm³/mol. The lowest BCUT2D eigenvalue weighted by molar-refractivity contribution is 0.173. The molecule has 1 aromatic carbocycles. The van der Waals surface area contributed by atoms with Crippen molar-refractivity contribution in [2.75, 3.05) is 26.4 Å². The van der Waals surface area contributed by atoms with Gasteiger partial charge in [0.2, 0.25) is 16.8 Å². The first kappa shape index (κ1) is 16.8. The third-order valence-electron chi connectivity index (χ3n) is 4.59. The number of hydrogen-bond acceptors (Lipinski definition) is 6. The van der Waals surface area contributed by atoms with Gasteiger partial charge in [-0.2, -0.15) is 0 Å². The Bertz CT molecular complexity index is 830. The summed E-state index contributed by atoms with van der Waals surface area (Å²) in [7, 11) is -3.48. The second-order valence-electron chi connectivity index (χ2n) is 6.16. The van der Waals surface area contributed by atoms with Crippen LogP contribution in [0, 0.1) is 0 Å². The largest absolute Gasteiger partial charge is 0.454 e. The molecular weight excluding hydrogens is 360 g/mol. The van der Waals surface area contributed by atoms with Gasteiger partial charge in [-0.25, -0.2) is 13.1 Å². The summed E-state index contributed by atoms with van der Waals surface area (Å²) in [5.41, 5.74) is 1.04. The molecule has 134 valence electrons. The van der Waals surface area contributed by atoms with Crippen molar-refractivity contribution in [2.45, 2.75) is 23.1 Å². The van der Waals surface area contributed by atoms with Gasteiger partial charge in [0.1, 0.15) is 4.21 Å². The molecule has 1 fully saturated rings. The lowest BCUT2D eigenvalue weighted by atomic mass is 10.1. The van der Waals surface area contributed by atoms with Crippen molar-refractivity contribution >= 4 is 21.4 Å². The van der Waals surface area contributed by atoms with E-state index in [2.05, 4.69) is 9.62 Å². The second kappa shape index (κ2) is 6.95. The Balaban J connectivity index is 1.56. The highest BCUT2D eigenvalue weighted by Crippen LogP contribution is 2.36. The zero-order valence-electron chi connectivity index (χ0n) is 13.7. The predicted octanol–water partition coefficient (Wildman–Crippen LogP) is 2.59. The first-order valence-electron chi connectivity index (χ1n) is 8.30. The van der Waals surface area contributed by atoms with E-state index in [0.717, 1.165) is 43.0 Å². The third kappa shape index (κ3) is 3.52. The van der Waals surface area contributed by atoms with Gasteiger partial charge in [-0.15, -0.1) is 11.3 Å². The average Bonchev–Trinajstić information content (AvgIpc) is 3.36. The van der Waals surface area contributed by atoms with Crippen LogP contribution < -0.4 is 14.2 Å². The van der Waals surface area contributed by atoms with Crippen LogP contribution in [0.3, 0.4) is 0 Å². The molecule has 1 N–H and O–H groups in total. The van der Waals surface area contributed by atoms with Crippen LogP contribution in [0.1, 0.15) is 24.4 Å². The van der Waals surface area contributed by atoms with Crippen LogP contribution in [0.15, 0.2) is 39.9 Å². The van der Waals surface area contributed by atoms with E-state index in [-0.39, 0.29) is 12.8 Å². The summed E-state index contributed by atoms with van der Waals surface area (Å²) in [5.74, 6) is 1.46. The van der Waals surface area contributed by atoms with Gasteiger partial charge in [-0.1, -0.05) is 12.1 Å². The molecule has 4 rings (SSSR count). The molecule has 2 aromatic rings. The Hall–Kier alpha value is -1.61. The summed E-state index contributed by atoms with van der Waals surface area (Å²) in [6.07, 6.45) is 2.28. The molecular formula is C17H20N2O4S2. The highest BCUT2D eigenvalue weighted by atomic mass is 32.2. The first-order chi connectivity index (χ1) is 12.1. The number of ether oxygens (including phenoxy) is 2. The van der Waals surface area contributed by atoms with Crippen LogP contribution in [-0.2, 0) is 10.0 Å². The lowest BCUT2D eigenvalue weighted by Gasteiger charge is -2.28. The van der Waals surface area contributed by atoms with Crippen molar-refractivity contribution in [3.8, 4) is 11.5 Å². The Morgan fingerprint density at radius 1 is 1.16 bits per heavy atom. The summed E-state index contributed by atoms with van der Waals surface area (Å²) in [6.45, 7) is 2.51. The monoisotopic (exact) mass is 380 g/mol. The van der Waals surface area contributed by atoms with Gasteiger partial charge >= 0.3 is 0 Å². The van der Waals surface area contributed by atoms with E-state index in [9.17, 15) is 8.42 Å². The molecule has 1 unspecified atom stereocenters. The van der Waals surface area contributed by atoms with Crippen LogP contribution in [0.25, 0.3) is 0 Å². The fourth-order valence-electron chi connectivity index (χ4n) is 3.31. The van der Waals surface area contributed by atoms with E-state index >= 15 is 0 Å². The summed E-state index contributed by atoms with van der Waals surface area (Å²) in [6, 6.07) is 9.20. The number of sulfonamides is 1. The fraction of sp³-hybridized carbons (Fsp3) is 0.412. The number of likely N-dealkylation sites (tertiary alicyclic amines) is 1. The maximum absolute atomic E-state index is 12.5. The topological polar surface area (TPSA) is 67.9 Å². The number of fused-ring (bicyclic) bond motifs is 1. The minimum absolute atomic E-state index is 0.0215. The smallest absolute Gasteiger partial charge is 0.250 e. The van der Waals surface area contributed by atoms with Gasteiger partial charge in [-0.3, -0.25) is 4.90 Å². The highest BCUT2D eigenvalue weighted by molar-refractivity contribution is 7.91. The van der Waals surface area contributed by atoms with Gasteiger partial charge < -0.3 is 9.47 Å². The number of benzene rings is 1. The van der Waals surface area contributed by atoms with E-state index in [4.69, 9.17) is 9.47 Å². The Morgan fingerprint density at radius 3 is 2.72 bits per heavy atom. The Labute approximate surface area is 151 Å². The van der Waals surface area contributed by atoms with E-state index in [1.165, 1.54) is 11.3 Å². The van der Waals surface area contributed by atoms with E-state index in [1.54, 1.807) is 17.5 Å². The summed E-state index contributed by atoms with van der Waals surface area (Å²) < 4.78 is 38.9. The molecule has 2 aliphatic rings. The molecule has 1 saturated heterocycles. The lowest BCUT2D eigenvalue weighted by Crippen LogP contribution is -2.36. The molecule has 25 heavy (non-hydrogen) atoms. The van der Waals surface area contributed by atoms with E-state index in [0.29, 0.717) is 10.8 Å². The van der Waals surface area contributed by atoms with Crippen LogP contribution in [0.5, 0.6) is 11.5 Å². The molecule has 0 saturated carbocycles. The molecule has 0 aliphatic carbocycles. The molecule has 0 amide bonds. The molecule has 6 nitrogen and oxygen atoms in total. The third-order valence-corrected chi connectivity index (χ3v) is 7.41. The SMILES string of the molecule is O=S(=O)(NCC(c1ccc2c(c1)OCO2)N1CCCC1)c1cccs1. The van der Waals surface area contributed by atoms with Gasteiger partial charge in [0, 0.05) is 12.6 Å². The zero-order chi connectivity index (χ0) is 17.3. The van der Waals surface area contributed by atoms with Crippen molar-refractivity contribution in [3.05, 3.63) is 41.3 Å². The fourth-order valence-corrected chi connectivity index (χ4v) is 5.38. The maximum atomic E-state index is 12.5. The summed E-state index contributed by atoms with van der Waals surface area (Å²) in [5, 5.41) is 1.77. The summed E-state index contributed by atoms with van der Waals surface area (Å²) in [4.78, 5) is 2.33. The molecule has 8 heteroatoms. The summed E-state index contributed by atoms with van der Waals surface area (Å²) >= 11 is 1.23. The van der Waals surface area contributed by atoms with E-state index in [1.807, 2.05) is 18.2 Å². The van der Waals surface area contributed by atoms with E-state index < -0.39 is 10.0 Å². The van der Waals surface area contributed by atoms with Crippen LogP contribution in [-0.4, -0.2) is 39.7 Å². The van der Waals surface area contributed by atoms with Gasteiger partial charge in [0.05, 0.1) is 0 Å². The van der Waals surface area contributed by atoms with Crippen molar-refractivity contribution in [1.82, 2.24) is 9.62 Å². The minimum atomic E-state index is -3.48. The van der Waals surface area contributed by atoms with Crippen molar-refractivity contribution in [3.63, 3.8) is 0 Å². The zero-order valence-corrected chi connectivity index (χ0v) is 15.3. The van der Waals surface area contributed by atoms with Crippen LogP contribution in [0.4, 0.5) is 0 Å². The van der Waals surface area contributed by atoms with Crippen molar-refractivity contribution < 1.29 is 17.9 Å². The number of hydrogen-bond donors (Lipinski definition) is 1. The maximum Gasteiger partial charge on any atom is 0.250 e. The number of thiophene rings is 1. The Morgan fingerprint density at radius 2 is 1.96 bits per heavy atom.